The summed E-state index contributed by atoms with van der Waals surface area (Å²) in [5.41, 5.74) is 1.15. The van der Waals surface area contributed by atoms with Gasteiger partial charge in [-0.1, -0.05) is 36.4 Å². The van der Waals surface area contributed by atoms with E-state index in [0.29, 0.717) is 23.5 Å². The Hall–Kier alpha value is -3.01. The first-order valence-corrected chi connectivity index (χ1v) is 7.20. The summed E-state index contributed by atoms with van der Waals surface area (Å²) in [7, 11) is 1.58. The van der Waals surface area contributed by atoms with Gasteiger partial charge in [0, 0.05) is 5.39 Å². The normalized spacial score (nSPS) is 10.5. The zero-order valence-corrected chi connectivity index (χ0v) is 12.7. The highest BCUT2D eigenvalue weighted by Gasteiger charge is 2.16. The topological polar surface area (TPSA) is 55.8 Å². The number of hydrogen-bond donors (Lipinski definition) is 1. The first-order valence-electron chi connectivity index (χ1n) is 7.20. The lowest BCUT2D eigenvalue weighted by molar-refractivity contribution is 0.0694. The summed E-state index contributed by atoms with van der Waals surface area (Å²) >= 11 is 0. The summed E-state index contributed by atoms with van der Waals surface area (Å²) in [4.78, 5) is 11.7. The van der Waals surface area contributed by atoms with Crippen molar-refractivity contribution in [2.75, 3.05) is 7.11 Å². The van der Waals surface area contributed by atoms with Crippen molar-refractivity contribution in [3.05, 3.63) is 71.8 Å². The molecule has 0 spiro atoms. The fraction of sp³-hybridized carbons (Fsp3) is 0.105. The van der Waals surface area contributed by atoms with E-state index in [4.69, 9.17) is 9.47 Å². The van der Waals surface area contributed by atoms with Crippen LogP contribution in [0.3, 0.4) is 0 Å². The molecule has 0 aliphatic rings. The van der Waals surface area contributed by atoms with Crippen molar-refractivity contribution >= 4 is 16.7 Å². The Kier molecular flexibility index (Phi) is 4.15. The first-order chi connectivity index (χ1) is 11.2. The molecule has 0 fully saturated rings. The molecule has 0 atom stereocenters. The fourth-order valence-corrected chi connectivity index (χ4v) is 2.49. The summed E-state index contributed by atoms with van der Waals surface area (Å²) in [6, 6.07) is 18.5. The lowest BCUT2D eigenvalue weighted by Crippen LogP contribution is -2.04. The van der Waals surface area contributed by atoms with Crippen molar-refractivity contribution in [3.63, 3.8) is 0 Å². The van der Waals surface area contributed by atoms with Gasteiger partial charge in [0.1, 0.15) is 23.7 Å². The maximum atomic E-state index is 11.7. The monoisotopic (exact) mass is 308 g/mol. The fourth-order valence-electron chi connectivity index (χ4n) is 2.49. The molecular weight excluding hydrogens is 292 g/mol. The molecule has 0 radical (unpaired) electrons. The average molecular weight is 308 g/mol. The highest BCUT2D eigenvalue weighted by Crippen LogP contribution is 2.31. The van der Waals surface area contributed by atoms with Crippen molar-refractivity contribution in [2.24, 2.45) is 0 Å². The van der Waals surface area contributed by atoms with Gasteiger partial charge in [0.2, 0.25) is 0 Å². The number of rotatable bonds is 5. The molecular formula is C19H16O4. The van der Waals surface area contributed by atoms with E-state index in [0.717, 1.165) is 10.9 Å². The van der Waals surface area contributed by atoms with Crippen molar-refractivity contribution in [3.8, 4) is 11.5 Å². The molecule has 3 aromatic rings. The van der Waals surface area contributed by atoms with Gasteiger partial charge >= 0.3 is 5.97 Å². The molecule has 116 valence electrons. The standard InChI is InChI=1S/C19H16O4/c1-22-15-8-9-16-14(11-15)7-10-17(18(16)19(20)21)23-12-13-5-3-2-4-6-13/h2-11H,12H2,1H3,(H,20,21). The third-order valence-electron chi connectivity index (χ3n) is 3.64. The van der Waals surface area contributed by atoms with Gasteiger partial charge in [0.05, 0.1) is 7.11 Å². The number of benzene rings is 3. The number of carbonyl (C=O) groups is 1. The molecule has 0 saturated carbocycles. The minimum atomic E-state index is -1.01. The highest BCUT2D eigenvalue weighted by molar-refractivity contribution is 6.06. The highest BCUT2D eigenvalue weighted by atomic mass is 16.5. The SMILES string of the molecule is COc1ccc2c(C(=O)O)c(OCc3ccccc3)ccc2c1. The molecule has 3 rings (SSSR count). The van der Waals surface area contributed by atoms with Gasteiger partial charge < -0.3 is 14.6 Å². The van der Waals surface area contributed by atoms with Gasteiger partial charge in [-0.25, -0.2) is 4.79 Å². The summed E-state index contributed by atoms with van der Waals surface area (Å²) < 4.78 is 10.9. The molecule has 0 amide bonds. The number of aromatic carboxylic acids is 1. The summed E-state index contributed by atoms with van der Waals surface area (Å²) in [6.07, 6.45) is 0. The van der Waals surface area contributed by atoms with Crippen LogP contribution in [0.1, 0.15) is 15.9 Å². The van der Waals surface area contributed by atoms with Gasteiger partial charge in [-0.3, -0.25) is 0 Å². The maximum absolute atomic E-state index is 11.7. The smallest absolute Gasteiger partial charge is 0.340 e. The van der Waals surface area contributed by atoms with Crippen LogP contribution in [0, 0.1) is 0 Å². The first kappa shape index (κ1) is 14.9. The number of carboxylic acid groups (broad SMARTS) is 1. The molecule has 0 heterocycles. The minimum absolute atomic E-state index is 0.168. The predicted octanol–water partition coefficient (Wildman–Crippen LogP) is 4.13. The van der Waals surface area contributed by atoms with E-state index in [9.17, 15) is 9.90 Å². The summed E-state index contributed by atoms with van der Waals surface area (Å²) in [6.45, 7) is 0.322. The molecule has 0 aliphatic heterocycles. The predicted molar refractivity (Wildman–Crippen MR) is 88.2 cm³/mol. The van der Waals surface area contributed by atoms with Crippen LogP contribution in [0.2, 0.25) is 0 Å². The van der Waals surface area contributed by atoms with E-state index in [1.165, 1.54) is 0 Å². The van der Waals surface area contributed by atoms with Gasteiger partial charge in [0.25, 0.3) is 0 Å². The van der Waals surface area contributed by atoms with Crippen LogP contribution in [0.15, 0.2) is 60.7 Å². The maximum Gasteiger partial charge on any atom is 0.340 e. The average Bonchev–Trinajstić information content (AvgIpc) is 2.59. The summed E-state index contributed by atoms with van der Waals surface area (Å²) in [5, 5.41) is 11.0. The van der Waals surface area contributed by atoms with Crippen LogP contribution in [0.4, 0.5) is 0 Å². The van der Waals surface area contributed by atoms with Gasteiger partial charge in [0.15, 0.2) is 0 Å². The second-order valence-corrected chi connectivity index (χ2v) is 5.11. The van der Waals surface area contributed by atoms with E-state index in [-0.39, 0.29) is 5.56 Å². The molecule has 0 aromatic heterocycles. The quantitative estimate of drug-likeness (QED) is 0.770. The zero-order chi connectivity index (χ0) is 16.2. The molecule has 23 heavy (non-hydrogen) atoms. The van der Waals surface area contributed by atoms with E-state index < -0.39 is 5.97 Å². The second kappa shape index (κ2) is 6.40. The lowest BCUT2D eigenvalue weighted by Gasteiger charge is -2.12. The molecule has 0 aliphatic carbocycles. The number of hydrogen-bond acceptors (Lipinski definition) is 3. The summed E-state index contributed by atoms with van der Waals surface area (Å²) in [5.74, 6) is 0.0367. The van der Waals surface area contributed by atoms with Crippen molar-refractivity contribution in [1.82, 2.24) is 0 Å². The third kappa shape index (κ3) is 3.11. The van der Waals surface area contributed by atoms with E-state index in [1.54, 1.807) is 25.3 Å². The molecule has 0 saturated heterocycles. The van der Waals surface area contributed by atoms with Crippen LogP contribution in [0.25, 0.3) is 10.8 Å². The molecule has 1 N–H and O–H groups in total. The van der Waals surface area contributed by atoms with Gasteiger partial charge in [-0.15, -0.1) is 0 Å². The Morgan fingerprint density at radius 2 is 1.83 bits per heavy atom. The lowest BCUT2D eigenvalue weighted by atomic mass is 10.0. The molecule has 3 aromatic carbocycles. The van der Waals surface area contributed by atoms with Crippen molar-refractivity contribution in [1.29, 1.82) is 0 Å². The van der Waals surface area contributed by atoms with Crippen LogP contribution in [-0.2, 0) is 6.61 Å². The Labute approximate surface area is 133 Å². The van der Waals surface area contributed by atoms with Gasteiger partial charge in [-0.05, 0) is 35.2 Å². The van der Waals surface area contributed by atoms with Crippen LogP contribution < -0.4 is 9.47 Å². The van der Waals surface area contributed by atoms with Crippen LogP contribution in [-0.4, -0.2) is 18.2 Å². The van der Waals surface area contributed by atoms with E-state index >= 15 is 0 Å². The number of methoxy groups -OCH3 is 1. The number of carboxylic acids is 1. The number of ether oxygens (including phenoxy) is 2. The van der Waals surface area contributed by atoms with Crippen LogP contribution >= 0.6 is 0 Å². The Bertz CT molecular complexity index is 841. The van der Waals surface area contributed by atoms with Crippen molar-refractivity contribution < 1.29 is 19.4 Å². The van der Waals surface area contributed by atoms with Crippen molar-refractivity contribution in [2.45, 2.75) is 6.61 Å². The van der Waals surface area contributed by atoms with E-state index in [2.05, 4.69) is 0 Å². The van der Waals surface area contributed by atoms with Gasteiger partial charge in [-0.2, -0.15) is 0 Å². The third-order valence-corrected chi connectivity index (χ3v) is 3.64. The second-order valence-electron chi connectivity index (χ2n) is 5.11. The largest absolute Gasteiger partial charge is 0.497 e. The molecule has 0 bridgehead atoms. The van der Waals surface area contributed by atoms with Crippen LogP contribution in [0.5, 0.6) is 11.5 Å². The molecule has 0 unspecified atom stereocenters. The minimum Gasteiger partial charge on any atom is -0.497 e. The Balaban J connectivity index is 1.99. The number of fused-ring (bicyclic) bond motifs is 1. The molecule has 4 heteroatoms. The Morgan fingerprint density at radius 1 is 1.04 bits per heavy atom. The van der Waals surface area contributed by atoms with E-state index in [1.807, 2.05) is 42.5 Å². The molecule has 4 nitrogen and oxygen atoms in total. The Morgan fingerprint density at radius 3 is 2.52 bits per heavy atom. The zero-order valence-electron chi connectivity index (χ0n) is 12.7.